The summed E-state index contributed by atoms with van der Waals surface area (Å²) in [5.74, 6) is 0.673. The largest absolute Gasteiger partial charge is 0.491 e. The van der Waals surface area contributed by atoms with E-state index in [1.165, 1.54) is 0 Å². The van der Waals surface area contributed by atoms with Gasteiger partial charge in [-0.2, -0.15) is 0 Å². The summed E-state index contributed by atoms with van der Waals surface area (Å²) in [6.45, 7) is 1.44. The minimum Gasteiger partial charge on any atom is -0.491 e. The van der Waals surface area contributed by atoms with Gasteiger partial charge in [-0.1, -0.05) is 48.5 Å². The molecule has 2 aromatic rings. The Morgan fingerprint density at radius 2 is 1.52 bits per heavy atom. The van der Waals surface area contributed by atoms with E-state index in [-0.39, 0.29) is 13.2 Å². The second-order valence-electron chi connectivity index (χ2n) is 7.71. The quantitative estimate of drug-likeness (QED) is 0.607. The van der Waals surface area contributed by atoms with Crippen LogP contribution in [0.5, 0.6) is 5.75 Å². The van der Waals surface area contributed by atoms with Gasteiger partial charge in [-0.05, 0) is 43.0 Å². The Balaban J connectivity index is 1.76. The van der Waals surface area contributed by atoms with Crippen molar-refractivity contribution >= 4 is 0 Å². The molecule has 0 unspecified atom stereocenters. The first-order valence-corrected chi connectivity index (χ1v) is 10.2. The number of aliphatic hydroxyl groups excluding tert-OH is 4. The van der Waals surface area contributed by atoms with Crippen molar-refractivity contribution in [1.82, 2.24) is 4.90 Å². The smallest absolute Gasteiger partial charge is 0.122 e. The van der Waals surface area contributed by atoms with Crippen LogP contribution in [0.2, 0.25) is 0 Å². The highest BCUT2D eigenvalue weighted by Crippen LogP contribution is 2.22. The minimum absolute atomic E-state index is 0.157. The number of hydrogen-bond acceptors (Lipinski definition) is 6. The molecule has 0 fully saturated rings. The number of aryl methyl sites for hydroxylation is 1. The van der Waals surface area contributed by atoms with E-state index in [1.807, 2.05) is 54.6 Å². The van der Waals surface area contributed by atoms with Crippen molar-refractivity contribution in [2.75, 3.05) is 19.7 Å². The summed E-state index contributed by atoms with van der Waals surface area (Å²) in [6, 6.07) is 17.6. The van der Waals surface area contributed by atoms with Crippen LogP contribution in [0.3, 0.4) is 0 Å². The summed E-state index contributed by atoms with van der Waals surface area (Å²) >= 11 is 0. The van der Waals surface area contributed by atoms with Crippen molar-refractivity contribution < 1.29 is 25.2 Å². The van der Waals surface area contributed by atoms with Crippen LogP contribution >= 0.6 is 0 Å². The van der Waals surface area contributed by atoms with Crippen molar-refractivity contribution in [1.29, 1.82) is 0 Å². The maximum absolute atomic E-state index is 10.5. The van der Waals surface area contributed by atoms with Crippen LogP contribution in [0.25, 0.3) is 0 Å². The summed E-state index contributed by atoms with van der Waals surface area (Å²) in [5, 5.41) is 41.4. The van der Waals surface area contributed by atoms with Crippen molar-refractivity contribution in [3.05, 3.63) is 65.7 Å². The number of benzene rings is 2. The highest BCUT2D eigenvalue weighted by atomic mass is 16.5. The second kappa shape index (κ2) is 10.7. The van der Waals surface area contributed by atoms with Gasteiger partial charge < -0.3 is 25.2 Å². The number of aliphatic hydroxyl groups is 4. The fraction of sp³-hybridized carbons (Fsp3) is 0.478. The van der Waals surface area contributed by atoms with Crippen LogP contribution in [0.15, 0.2) is 54.6 Å². The number of rotatable bonds is 2. The lowest BCUT2D eigenvalue weighted by Crippen LogP contribution is -2.50. The summed E-state index contributed by atoms with van der Waals surface area (Å²) in [4.78, 5) is 2.08. The van der Waals surface area contributed by atoms with Gasteiger partial charge in [0.1, 0.15) is 30.7 Å². The molecule has 0 saturated heterocycles. The van der Waals surface area contributed by atoms with Crippen molar-refractivity contribution in [3.8, 4) is 5.75 Å². The van der Waals surface area contributed by atoms with Gasteiger partial charge in [-0.15, -0.1) is 0 Å². The highest BCUT2D eigenvalue weighted by molar-refractivity contribution is 5.33. The molecule has 1 aliphatic heterocycles. The van der Waals surface area contributed by atoms with E-state index in [1.54, 1.807) is 0 Å². The number of para-hydroxylation sites is 1. The Labute approximate surface area is 172 Å². The fourth-order valence-corrected chi connectivity index (χ4v) is 3.68. The molecular weight excluding hydrogens is 370 g/mol. The third-order valence-corrected chi connectivity index (χ3v) is 5.39. The molecule has 0 bridgehead atoms. The molecule has 0 saturated carbocycles. The molecule has 0 aromatic heterocycles. The highest BCUT2D eigenvalue weighted by Gasteiger charge is 2.32. The predicted octanol–water partition coefficient (Wildman–Crippen LogP) is 1.35. The molecule has 0 spiro atoms. The zero-order valence-electron chi connectivity index (χ0n) is 16.6. The van der Waals surface area contributed by atoms with Crippen LogP contribution in [0.1, 0.15) is 24.0 Å². The van der Waals surface area contributed by atoms with Gasteiger partial charge in [0.05, 0.1) is 6.10 Å². The summed E-state index contributed by atoms with van der Waals surface area (Å²) in [7, 11) is 0. The van der Waals surface area contributed by atoms with Crippen molar-refractivity contribution in [2.24, 2.45) is 0 Å². The van der Waals surface area contributed by atoms with Gasteiger partial charge in [0, 0.05) is 13.1 Å². The van der Waals surface area contributed by atoms with E-state index >= 15 is 0 Å². The Bertz CT molecular complexity index is 741. The average molecular weight is 402 g/mol. The van der Waals surface area contributed by atoms with Gasteiger partial charge >= 0.3 is 0 Å². The third kappa shape index (κ3) is 6.26. The monoisotopic (exact) mass is 401 g/mol. The normalized spacial score (nSPS) is 27.4. The molecule has 3 rings (SSSR count). The lowest BCUT2D eigenvalue weighted by atomic mass is 10.0. The topological polar surface area (TPSA) is 93.4 Å². The molecule has 6 heteroatoms. The lowest BCUT2D eigenvalue weighted by molar-refractivity contribution is -0.118. The van der Waals surface area contributed by atoms with Gasteiger partial charge in [-0.25, -0.2) is 0 Å². The molecular formula is C23H31NO5. The summed E-state index contributed by atoms with van der Waals surface area (Å²) in [6.07, 6.45) is -2.73. The molecule has 1 heterocycles. The first kappa shape index (κ1) is 21.7. The van der Waals surface area contributed by atoms with Crippen molar-refractivity contribution in [3.63, 3.8) is 0 Å². The van der Waals surface area contributed by atoms with E-state index < -0.39 is 24.4 Å². The molecule has 0 amide bonds. The van der Waals surface area contributed by atoms with Gasteiger partial charge in [0.2, 0.25) is 0 Å². The van der Waals surface area contributed by atoms with Gasteiger partial charge in [-0.3, -0.25) is 4.90 Å². The number of ether oxygens (including phenoxy) is 1. The number of fused-ring (bicyclic) bond motifs is 1. The SMILES string of the molecule is O[C@H]1[C@H](O)[C@@H](O)CN(Cc2ccccc2)CCCCc2ccccc2OC[C@H]1O. The molecule has 4 atom stereocenters. The molecule has 29 heavy (non-hydrogen) atoms. The standard InChI is InChI=1S/C23H31NO5/c25-19-15-24(14-17-8-2-1-3-9-17)13-7-6-11-18-10-4-5-12-21(18)29-16-20(26)23(28)22(19)27/h1-5,8-10,12,19-20,22-23,25-28H,6-7,11,13-16H2/t19-,20+,22+,23+/m0/s1. The first-order chi connectivity index (χ1) is 14.0. The Morgan fingerprint density at radius 1 is 0.828 bits per heavy atom. The van der Waals surface area contributed by atoms with Crippen LogP contribution in [0.4, 0.5) is 0 Å². The van der Waals surface area contributed by atoms with Crippen LogP contribution in [-0.2, 0) is 13.0 Å². The zero-order valence-corrected chi connectivity index (χ0v) is 16.6. The van der Waals surface area contributed by atoms with E-state index in [0.29, 0.717) is 12.3 Å². The summed E-state index contributed by atoms with van der Waals surface area (Å²) in [5.41, 5.74) is 2.18. The maximum Gasteiger partial charge on any atom is 0.122 e. The molecule has 0 aliphatic carbocycles. The second-order valence-corrected chi connectivity index (χ2v) is 7.71. The number of nitrogens with zero attached hydrogens (tertiary/aromatic N) is 1. The van der Waals surface area contributed by atoms with E-state index in [9.17, 15) is 20.4 Å². The minimum atomic E-state index is -1.50. The van der Waals surface area contributed by atoms with E-state index in [0.717, 1.165) is 36.9 Å². The Morgan fingerprint density at radius 3 is 2.31 bits per heavy atom. The van der Waals surface area contributed by atoms with Crippen LogP contribution < -0.4 is 4.74 Å². The molecule has 6 nitrogen and oxygen atoms in total. The van der Waals surface area contributed by atoms with Crippen LogP contribution in [-0.4, -0.2) is 69.4 Å². The number of hydrogen-bond donors (Lipinski definition) is 4. The van der Waals surface area contributed by atoms with Gasteiger partial charge in [0.15, 0.2) is 0 Å². The van der Waals surface area contributed by atoms with Crippen molar-refractivity contribution in [2.45, 2.75) is 50.2 Å². The van der Waals surface area contributed by atoms with E-state index in [2.05, 4.69) is 4.90 Å². The first-order valence-electron chi connectivity index (χ1n) is 10.2. The Hall–Kier alpha value is -1.96. The molecule has 2 aromatic carbocycles. The third-order valence-electron chi connectivity index (χ3n) is 5.39. The predicted molar refractivity (Wildman–Crippen MR) is 111 cm³/mol. The molecule has 1 aliphatic rings. The van der Waals surface area contributed by atoms with Gasteiger partial charge in [0.25, 0.3) is 0 Å². The van der Waals surface area contributed by atoms with E-state index in [4.69, 9.17) is 4.74 Å². The lowest BCUT2D eigenvalue weighted by Gasteiger charge is -2.31. The zero-order chi connectivity index (χ0) is 20.6. The number of β-amino-alcohol motifs (C(OH)–C–C–N with tert-alkyl or cyclic N) is 1. The fourth-order valence-electron chi connectivity index (χ4n) is 3.68. The molecule has 4 N–H and O–H groups in total. The van der Waals surface area contributed by atoms with Crippen LogP contribution in [0, 0.1) is 0 Å². The maximum atomic E-state index is 10.5. The Kier molecular flexibility index (Phi) is 8.03. The summed E-state index contributed by atoms with van der Waals surface area (Å²) < 4.78 is 5.69. The average Bonchev–Trinajstić information content (AvgIpc) is 2.74. The molecule has 158 valence electrons. The molecule has 0 radical (unpaired) electrons.